The second-order valence-corrected chi connectivity index (χ2v) is 1.76. The van der Waals surface area contributed by atoms with Gasteiger partial charge in [0.05, 0.1) is 0 Å². The summed E-state index contributed by atoms with van der Waals surface area (Å²) in [6.07, 6.45) is 4.24. The second kappa shape index (κ2) is 35.3. The van der Waals surface area contributed by atoms with Gasteiger partial charge in [-0.15, -0.1) is 19.7 Å². The van der Waals surface area contributed by atoms with Crippen molar-refractivity contribution in [3.8, 4) is 0 Å². The summed E-state index contributed by atoms with van der Waals surface area (Å²) in [7, 11) is 0. The van der Waals surface area contributed by atoms with E-state index in [0.717, 1.165) is 6.54 Å². The van der Waals surface area contributed by atoms with E-state index in [4.69, 9.17) is 0 Å². The molecule has 0 aliphatic rings. The van der Waals surface area contributed by atoms with Crippen LogP contribution in [0.1, 0.15) is 26.7 Å². The Morgan fingerprint density at radius 1 is 1.36 bits per heavy atom. The average molecular weight is 156 g/mol. The van der Waals surface area contributed by atoms with E-state index in [0.29, 0.717) is 0 Å². The summed E-state index contributed by atoms with van der Waals surface area (Å²) >= 11 is 0. The molecule has 0 aromatic rings. The standard InChI is InChI=1S/C5H11N.C3H6.C2H4/c1-3-4-5-6-2;1-3-2;1-2/h2-5H2,1H3;3H,1H2,2H3;1-2H2/p+1. The predicted molar refractivity (Wildman–Crippen MR) is 55.0 cm³/mol. The van der Waals surface area contributed by atoms with E-state index in [9.17, 15) is 0 Å². The molecule has 0 unspecified atom stereocenters. The molecule has 0 heterocycles. The molecule has 0 aliphatic heterocycles. The summed E-state index contributed by atoms with van der Waals surface area (Å²) in [5, 5.41) is 0. The van der Waals surface area contributed by atoms with Crippen LogP contribution in [-0.2, 0) is 0 Å². The van der Waals surface area contributed by atoms with Gasteiger partial charge >= 0.3 is 0 Å². The molecule has 0 aromatic heterocycles. The third-order valence-electron chi connectivity index (χ3n) is 0.707. The van der Waals surface area contributed by atoms with Gasteiger partial charge in [-0.3, -0.25) is 4.99 Å². The fourth-order valence-electron chi connectivity index (χ4n) is 0.302. The van der Waals surface area contributed by atoms with Crippen molar-refractivity contribution >= 4 is 6.72 Å². The molecule has 0 aliphatic carbocycles. The van der Waals surface area contributed by atoms with Crippen LogP contribution < -0.4 is 4.99 Å². The van der Waals surface area contributed by atoms with Crippen LogP contribution >= 0.6 is 0 Å². The van der Waals surface area contributed by atoms with Crippen LogP contribution in [0.2, 0.25) is 0 Å². The monoisotopic (exact) mass is 156 g/mol. The third kappa shape index (κ3) is 101. The van der Waals surface area contributed by atoms with Gasteiger partial charge in [0.1, 0.15) is 13.3 Å². The zero-order valence-electron chi connectivity index (χ0n) is 8.03. The van der Waals surface area contributed by atoms with Crippen molar-refractivity contribution in [1.29, 1.82) is 0 Å². The van der Waals surface area contributed by atoms with Crippen LogP contribution in [-0.4, -0.2) is 13.3 Å². The molecule has 0 aromatic carbocycles. The van der Waals surface area contributed by atoms with Crippen LogP contribution in [0.3, 0.4) is 0 Å². The summed E-state index contributed by atoms with van der Waals surface area (Å²) in [5.74, 6) is 0. The zero-order chi connectivity index (χ0) is 9.54. The van der Waals surface area contributed by atoms with Crippen LogP contribution in [0.4, 0.5) is 0 Å². The first-order valence-electron chi connectivity index (χ1n) is 3.90. The minimum Gasteiger partial charge on any atom is -0.254 e. The Bertz CT molecular complexity index is 67.3. The molecule has 0 bridgehead atoms. The van der Waals surface area contributed by atoms with Gasteiger partial charge in [-0.2, -0.15) is 0 Å². The molecule has 0 atom stereocenters. The summed E-state index contributed by atoms with van der Waals surface area (Å²) in [6.45, 7) is 17.9. The van der Waals surface area contributed by atoms with Crippen molar-refractivity contribution in [1.82, 2.24) is 0 Å². The summed E-state index contributed by atoms with van der Waals surface area (Å²) in [6, 6.07) is 0. The van der Waals surface area contributed by atoms with E-state index < -0.39 is 0 Å². The lowest BCUT2D eigenvalue weighted by molar-refractivity contribution is -0.447. The molecule has 1 N–H and O–H groups in total. The van der Waals surface area contributed by atoms with Crippen LogP contribution in [0.25, 0.3) is 0 Å². The van der Waals surface area contributed by atoms with Gasteiger partial charge in [0.25, 0.3) is 0 Å². The quantitative estimate of drug-likeness (QED) is 0.362. The number of hydrogen-bond acceptors (Lipinski definition) is 0. The van der Waals surface area contributed by atoms with Gasteiger partial charge in [0.2, 0.25) is 0 Å². The van der Waals surface area contributed by atoms with Crippen molar-refractivity contribution in [2.45, 2.75) is 26.7 Å². The maximum atomic E-state index is 3.47. The van der Waals surface area contributed by atoms with Gasteiger partial charge in [-0.05, 0) is 6.92 Å². The second-order valence-electron chi connectivity index (χ2n) is 1.76. The summed E-state index contributed by atoms with van der Waals surface area (Å²) < 4.78 is 0. The lowest BCUT2D eigenvalue weighted by atomic mass is 10.3. The Morgan fingerprint density at radius 2 is 1.73 bits per heavy atom. The SMILES string of the molecule is C=C.C=CC.C=[NH+]CCCC. The van der Waals surface area contributed by atoms with Crippen LogP contribution in [0, 0.1) is 0 Å². The highest BCUT2D eigenvalue weighted by atomic mass is 14.7. The van der Waals surface area contributed by atoms with E-state index in [1.54, 1.807) is 6.08 Å². The van der Waals surface area contributed by atoms with Crippen molar-refractivity contribution in [3.05, 3.63) is 25.8 Å². The van der Waals surface area contributed by atoms with Gasteiger partial charge in [0, 0.05) is 6.42 Å². The molecule has 1 nitrogen and oxygen atoms in total. The normalized spacial score (nSPS) is 6.00. The van der Waals surface area contributed by atoms with E-state index in [1.165, 1.54) is 12.8 Å². The Morgan fingerprint density at radius 3 is 1.82 bits per heavy atom. The molecule has 0 saturated heterocycles. The Labute approximate surface area is 71.6 Å². The van der Waals surface area contributed by atoms with Gasteiger partial charge in [0.15, 0.2) is 0 Å². The topological polar surface area (TPSA) is 14.0 Å². The van der Waals surface area contributed by atoms with Crippen molar-refractivity contribution in [2.75, 3.05) is 6.54 Å². The zero-order valence-corrected chi connectivity index (χ0v) is 8.03. The first-order valence-corrected chi connectivity index (χ1v) is 3.90. The van der Waals surface area contributed by atoms with Gasteiger partial charge in [-0.25, -0.2) is 0 Å². The van der Waals surface area contributed by atoms with E-state index in [2.05, 4.69) is 38.4 Å². The minimum atomic E-state index is 1.05. The van der Waals surface area contributed by atoms with E-state index >= 15 is 0 Å². The predicted octanol–water partition coefficient (Wildman–Crippen LogP) is 1.56. The molecular weight excluding hydrogens is 134 g/mol. The highest BCUT2D eigenvalue weighted by Crippen LogP contribution is 1.76. The minimum absolute atomic E-state index is 1.05. The number of unbranched alkanes of at least 4 members (excludes halogenated alkanes) is 1. The Kier molecular flexibility index (Phi) is 53.3. The third-order valence-corrected chi connectivity index (χ3v) is 0.707. The summed E-state index contributed by atoms with van der Waals surface area (Å²) in [4.78, 5) is 2.82. The average Bonchev–Trinajstić information content (AvgIpc) is 2.06. The van der Waals surface area contributed by atoms with Crippen molar-refractivity contribution in [2.24, 2.45) is 0 Å². The molecule has 0 radical (unpaired) electrons. The number of allylic oxidation sites excluding steroid dienone is 1. The molecule has 0 spiro atoms. The smallest absolute Gasteiger partial charge is 0.140 e. The maximum Gasteiger partial charge on any atom is 0.140 e. The number of rotatable bonds is 3. The first kappa shape index (κ1) is 16.6. The Balaban J connectivity index is -0.000000109. The maximum absolute atomic E-state index is 3.47. The molecular formula is C10H22N+. The van der Waals surface area contributed by atoms with Gasteiger partial charge < -0.3 is 0 Å². The van der Waals surface area contributed by atoms with E-state index in [1.807, 2.05) is 6.92 Å². The lowest BCUT2D eigenvalue weighted by Gasteiger charge is -1.77. The highest BCUT2D eigenvalue weighted by molar-refractivity contribution is 5.12. The molecule has 0 fully saturated rings. The fraction of sp³-hybridized carbons (Fsp3) is 0.500. The largest absolute Gasteiger partial charge is 0.254 e. The lowest BCUT2D eigenvalue weighted by Crippen LogP contribution is -2.65. The molecule has 66 valence electrons. The first-order chi connectivity index (χ1) is 5.33. The molecule has 1 heteroatoms. The fourth-order valence-corrected chi connectivity index (χ4v) is 0.302. The molecule has 0 rings (SSSR count). The number of nitrogens with one attached hydrogen (secondary N) is 1. The Hall–Kier alpha value is -0.850. The van der Waals surface area contributed by atoms with Crippen LogP contribution in [0.15, 0.2) is 25.8 Å². The van der Waals surface area contributed by atoms with E-state index in [-0.39, 0.29) is 0 Å². The van der Waals surface area contributed by atoms with Crippen molar-refractivity contribution in [3.63, 3.8) is 0 Å². The summed E-state index contributed by atoms with van der Waals surface area (Å²) in [5.41, 5.74) is 0. The highest BCUT2D eigenvalue weighted by Gasteiger charge is 1.76. The van der Waals surface area contributed by atoms with Crippen LogP contribution in [0.5, 0.6) is 0 Å². The molecule has 0 amide bonds. The van der Waals surface area contributed by atoms with Crippen molar-refractivity contribution < 1.29 is 4.99 Å². The molecule has 0 saturated carbocycles. The van der Waals surface area contributed by atoms with Gasteiger partial charge in [-0.1, -0.05) is 19.4 Å². The molecule has 11 heavy (non-hydrogen) atoms. The number of hydrogen-bond donors (Lipinski definition) is 1.